The number of esters is 1. The van der Waals surface area contributed by atoms with E-state index in [1.807, 2.05) is 6.92 Å². The van der Waals surface area contributed by atoms with Crippen molar-refractivity contribution in [2.45, 2.75) is 26.8 Å². The van der Waals surface area contributed by atoms with Crippen LogP contribution in [0.1, 0.15) is 40.3 Å². The fraction of sp³-hybridized carbons (Fsp3) is 0.368. The molecule has 0 saturated heterocycles. The van der Waals surface area contributed by atoms with Gasteiger partial charge < -0.3 is 20.7 Å². The Kier molecular flexibility index (Phi) is 8.08. The van der Waals surface area contributed by atoms with Crippen LogP contribution < -0.4 is 16.0 Å². The Morgan fingerprint density at radius 1 is 1.38 bits per heavy atom. The number of nitrogens with one attached hydrogen (secondary N) is 3. The summed E-state index contributed by atoms with van der Waals surface area (Å²) in [7, 11) is 1.57. The van der Waals surface area contributed by atoms with E-state index in [0.717, 1.165) is 0 Å². The van der Waals surface area contributed by atoms with Crippen LogP contribution in [0.2, 0.25) is 0 Å². The number of benzene rings is 1. The van der Waals surface area contributed by atoms with E-state index in [0.29, 0.717) is 33.8 Å². The summed E-state index contributed by atoms with van der Waals surface area (Å²) in [5, 5.41) is 9.29. The first-order chi connectivity index (χ1) is 13.8. The second-order valence-corrected chi connectivity index (χ2v) is 7.07. The Balaban J connectivity index is 1.91. The van der Waals surface area contributed by atoms with E-state index in [2.05, 4.69) is 25.9 Å². The van der Waals surface area contributed by atoms with Gasteiger partial charge in [-0.2, -0.15) is 0 Å². The molecule has 1 heterocycles. The Labute approximate surface area is 172 Å². The van der Waals surface area contributed by atoms with Gasteiger partial charge in [0.15, 0.2) is 5.96 Å². The topological polar surface area (TPSA) is 105 Å². The summed E-state index contributed by atoms with van der Waals surface area (Å²) in [6, 6.07) is 5.40. The van der Waals surface area contributed by atoms with Crippen LogP contribution in [0, 0.1) is 12.7 Å². The molecule has 0 spiro atoms. The smallest absolute Gasteiger partial charge is 0.350 e. The molecular weight excluding hydrogens is 397 g/mol. The monoisotopic (exact) mass is 421 g/mol. The first kappa shape index (κ1) is 22.3. The molecule has 2 rings (SSSR count). The van der Waals surface area contributed by atoms with Crippen LogP contribution in [0.25, 0.3) is 0 Å². The van der Waals surface area contributed by atoms with Crippen LogP contribution >= 0.6 is 11.3 Å². The van der Waals surface area contributed by atoms with Gasteiger partial charge in [-0.1, -0.05) is 6.07 Å². The molecule has 1 atom stereocenters. The molecule has 0 radical (unpaired) electrons. The molecule has 10 heteroatoms. The van der Waals surface area contributed by atoms with Crippen molar-refractivity contribution in [3.05, 3.63) is 45.7 Å². The van der Waals surface area contributed by atoms with Gasteiger partial charge in [0.2, 0.25) is 5.91 Å². The summed E-state index contributed by atoms with van der Waals surface area (Å²) in [4.78, 5) is 33.0. The van der Waals surface area contributed by atoms with Crippen molar-refractivity contribution in [2.24, 2.45) is 4.99 Å². The molecule has 0 saturated carbocycles. The van der Waals surface area contributed by atoms with E-state index < -0.39 is 11.8 Å². The average Bonchev–Trinajstić information content (AvgIpc) is 3.07. The third-order valence-electron chi connectivity index (χ3n) is 3.75. The number of hydrogen-bond acceptors (Lipinski definition) is 6. The van der Waals surface area contributed by atoms with E-state index >= 15 is 0 Å². The van der Waals surface area contributed by atoms with Crippen LogP contribution in [-0.2, 0) is 9.53 Å². The number of aliphatic imine (C=N–C) groups is 1. The van der Waals surface area contributed by atoms with Gasteiger partial charge in [0, 0.05) is 12.7 Å². The maximum absolute atomic E-state index is 13.2. The lowest BCUT2D eigenvalue weighted by Crippen LogP contribution is -2.42. The molecule has 0 fully saturated rings. The van der Waals surface area contributed by atoms with Gasteiger partial charge in [-0.3, -0.25) is 9.79 Å². The molecule has 0 aliphatic carbocycles. The largest absolute Gasteiger partial charge is 0.462 e. The normalized spacial score (nSPS) is 12.2. The number of aryl methyl sites for hydroxylation is 1. The molecule has 0 aliphatic rings. The van der Waals surface area contributed by atoms with Gasteiger partial charge in [-0.05, 0) is 39.0 Å². The van der Waals surface area contributed by atoms with Gasteiger partial charge in [-0.25, -0.2) is 14.2 Å². The van der Waals surface area contributed by atoms with Crippen molar-refractivity contribution in [1.82, 2.24) is 15.6 Å². The highest BCUT2D eigenvalue weighted by atomic mass is 32.1. The van der Waals surface area contributed by atoms with Gasteiger partial charge in [0.25, 0.3) is 0 Å². The number of nitrogens with zero attached hydrogens (tertiary/aromatic N) is 2. The maximum atomic E-state index is 13.2. The zero-order chi connectivity index (χ0) is 21.4. The fourth-order valence-electron chi connectivity index (χ4n) is 2.39. The highest BCUT2D eigenvalue weighted by Crippen LogP contribution is 2.24. The minimum Gasteiger partial charge on any atom is -0.462 e. The predicted octanol–water partition coefficient (Wildman–Crippen LogP) is 2.63. The van der Waals surface area contributed by atoms with E-state index in [1.54, 1.807) is 27.0 Å². The Morgan fingerprint density at radius 2 is 2.14 bits per heavy atom. The number of guanidine groups is 1. The van der Waals surface area contributed by atoms with Gasteiger partial charge in [0.05, 0.1) is 24.9 Å². The summed E-state index contributed by atoms with van der Waals surface area (Å²) in [6.45, 7) is 5.61. The lowest BCUT2D eigenvalue weighted by atomic mass is 10.3. The van der Waals surface area contributed by atoms with E-state index in [1.165, 1.54) is 29.5 Å². The minimum absolute atomic E-state index is 0.0616. The molecule has 2 aromatic rings. The minimum atomic E-state index is -0.428. The van der Waals surface area contributed by atoms with Crippen molar-refractivity contribution in [1.29, 1.82) is 0 Å². The van der Waals surface area contributed by atoms with Crippen LogP contribution in [-0.4, -0.2) is 43.0 Å². The second-order valence-electron chi connectivity index (χ2n) is 6.04. The molecule has 0 bridgehead atoms. The number of carbonyl (C=O) groups excluding carboxylic acids is 2. The molecule has 0 aliphatic heterocycles. The lowest BCUT2D eigenvalue weighted by Gasteiger charge is -2.16. The maximum Gasteiger partial charge on any atom is 0.350 e. The van der Waals surface area contributed by atoms with E-state index in [9.17, 15) is 14.0 Å². The summed E-state index contributed by atoms with van der Waals surface area (Å²) in [5.74, 6) is -0.779. The molecule has 3 N–H and O–H groups in total. The fourth-order valence-corrected chi connectivity index (χ4v) is 3.35. The van der Waals surface area contributed by atoms with Crippen LogP contribution in [0.3, 0.4) is 0 Å². The van der Waals surface area contributed by atoms with E-state index in [4.69, 9.17) is 4.74 Å². The Hall–Kier alpha value is -3.01. The summed E-state index contributed by atoms with van der Waals surface area (Å²) in [5.41, 5.74) is 0.979. The molecule has 1 aromatic heterocycles. The zero-order valence-electron chi connectivity index (χ0n) is 16.7. The van der Waals surface area contributed by atoms with Gasteiger partial charge in [-0.15, -0.1) is 11.3 Å². The van der Waals surface area contributed by atoms with Crippen LogP contribution in [0.5, 0.6) is 0 Å². The Bertz CT molecular complexity index is 900. The van der Waals surface area contributed by atoms with E-state index in [-0.39, 0.29) is 18.5 Å². The summed E-state index contributed by atoms with van der Waals surface area (Å²) in [6.07, 6.45) is 0. The predicted molar refractivity (Wildman–Crippen MR) is 111 cm³/mol. The van der Waals surface area contributed by atoms with Crippen LogP contribution in [0.15, 0.2) is 29.3 Å². The van der Waals surface area contributed by atoms with Crippen molar-refractivity contribution in [3.8, 4) is 0 Å². The van der Waals surface area contributed by atoms with Crippen LogP contribution in [0.4, 0.5) is 10.1 Å². The molecule has 29 heavy (non-hydrogen) atoms. The third kappa shape index (κ3) is 6.53. The standard InChI is InChI=1S/C19H24FN5O3S/c1-5-28-18(27)16-11(2)23-17(29-16)12(3)24-19(21-4)22-10-15(26)25-14-8-6-7-13(20)9-14/h6-9,12H,5,10H2,1-4H3,(H,25,26)(H2,21,22,24). The lowest BCUT2D eigenvalue weighted by molar-refractivity contribution is -0.115. The first-order valence-corrected chi connectivity index (χ1v) is 9.82. The first-order valence-electron chi connectivity index (χ1n) is 9.01. The number of anilines is 1. The molecule has 1 amide bonds. The van der Waals surface area contributed by atoms with Gasteiger partial charge in [0.1, 0.15) is 15.7 Å². The highest BCUT2D eigenvalue weighted by Gasteiger charge is 2.20. The number of ether oxygens (including phenoxy) is 1. The van der Waals surface area contributed by atoms with Crippen molar-refractivity contribution >= 4 is 34.9 Å². The number of halogens is 1. The number of aromatic nitrogens is 1. The molecule has 1 aromatic carbocycles. The van der Waals surface area contributed by atoms with Crippen molar-refractivity contribution < 1.29 is 18.7 Å². The number of thiazole rings is 1. The zero-order valence-corrected chi connectivity index (χ0v) is 17.5. The SMILES string of the molecule is CCOC(=O)c1sc(C(C)NC(=NC)NCC(=O)Nc2cccc(F)c2)nc1C. The summed E-state index contributed by atoms with van der Waals surface area (Å²) >= 11 is 1.25. The van der Waals surface area contributed by atoms with Gasteiger partial charge >= 0.3 is 5.97 Å². The quantitative estimate of drug-likeness (QED) is 0.361. The average molecular weight is 421 g/mol. The second kappa shape index (κ2) is 10.5. The molecule has 1 unspecified atom stereocenters. The van der Waals surface area contributed by atoms with Crippen molar-refractivity contribution in [3.63, 3.8) is 0 Å². The summed E-state index contributed by atoms with van der Waals surface area (Å²) < 4.78 is 18.2. The molecular formula is C19H24FN5O3S. The molecule has 156 valence electrons. The molecule has 8 nitrogen and oxygen atoms in total. The number of carbonyl (C=O) groups is 2. The number of rotatable bonds is 7. The Morgan fingerprint density at radius 3 is 2.79 bits per heavy atom. The van der Waals surface area contributed by atoms with Crippen molar-refractivity contribution in [2.75, 3.05) is 25.5 Å². The third-order valence-corrected chi connectivity index (χ3v) is 5.07. The number of hydrogen-bond donors (Lipinski definition) is 3. The number of amides is 1. The highest BCUT2D eigenvalue weighted by molar-refractivity contribution is 7.13.